The minimum absolute atomic E-state index is 0.0836. The molecule has 4 rings (SSSR count). The zero-order valence-corrected chi connectivity index (χ0v) is 15.1. The quantitative estimate of drug-likeness (QED) is 0.347. The van der Waals surface area contributed by atoms with Gasteiger partial charge in [0.1, 0.15) is 6.33 Å². The normalized spacial score (nSPS) is 10.6. The van der Waals surface area contributed by atoms with Crippen LogP contribution < -0.4 is 0 Å². The Morgan fingerprint density at radius 1 is 1.04 bits per heavy atom. The van der Waals surface area contributed by atoms with Crippen molar-refractivity contribution < 1.29 is 4.92 Å². The Morgan fingerprint density at radius 3 is 2.50 bits per heavy atom. The smallest absolute Gasteiger partial charge is 0.258 e. The van der Waals surface area contributed by atoms with Crippen LogP contribution in [0.2, 0.25) is 5.02 Å². The third kappa shape index (κ3) is 2.94. The largest absolute Gasteiger partial charge is 0.270 e. The van der Waals surface area contributed by atoms with E-state index in [0.29, 0.717) is 27.4 Å². The number of non-ortho nitro benzene ring substituents is 1. The van der Waals surface area contributed by atoms with E-state index in [9.17, 15) is 15.4 Å². The Labute approximate surface area is 164 Å². The number of rotatable bonds is 3. The molecule has 0 N–H and O–H groups in total. The molecule has 0 saturated heterocycles. The van der Waals surface area contributed by atoms with E-state index < -0.39 is 4.92 Å². The summed E-state index contributed by atoms with van der Waals surface area (Å²) in [6.45, 7) is 0. The maximum absolute atomic E-state index is 11.3. The van der Waals surface area contributed by atoms with E-state index in [2.05, 4.69) is 16.0 Å². The molecule has 0 bridgehead atoms. The van der Waals surface area contributed by atoms with Crippen LogP contribution in [0.5, 0.6) is 0 Å². The van der Waals surface area contributed by atoms with Gasteiger partial charge in [0.15, 0.2) is 0 Å². The fraction of sp³-hybridized carbons (Fsp3) is 0. The molecule has 3 aromatic carbocycles. The van der Waals surface area contributed by atoms with Gasteiger partial charge in [-0.15, -0.1) is 0 Å². The van der Waals surface area contributed by atoms with Crippen LogP contribution in [-0.4, -0.2) is 14.9 Å². The van der Waals surface area contributed by atoms with E-state index in [0.717, 1.165) is 16.3 Å². The number of nitro groups is 1. The molecule has 28 heavy (non-hydrogen) atoms. The molecule has 1 aromatic heterocycles. The molecule has 0 radical (unpaired) electrons. The lowest BCUT2D eigenvalue weighted by Gasteiger charge is -2.15. The highest BCUT2D eigenvalue weighted by Gasteiger charge is 2.20. The summed E-state index contributed by atoms with van der Waals surface area (Å²) in [5, 5.41) is 22.9. The lowest BCUT2D eigenvalue weighted by atomic mass is 9.89. The van der Waals surface area contributed by atoms with Crippen LogP contribution in [0.25, 0.3) is 33.2 Å². The fourth-order valence-corrected chi connectivity index (χ4v) is 3.45. The topological polar surface area (TPSA) is 92.7 Å². The average Bonchev–Trinajstić information content (AvgIpc) is 2.73. The predicted octanol–water partition coefficient (Wildman–Crippen LogP) is 5.40. The van der Waals surface area contributed by atoms with Crippen molar-refractivity contribution in [1.82, 2.24) is 9.97 Å². The first-order chi connectivity index (χ1) is 13.6. The zero-order valence-electron chi connectivity index (χ0n) is 14.3. The molecule has 0 saturated carbocycles. The standard InChI is InChI=1S/C21H11ClN4O2/c22-19-6-5-14(26(27)28)10-17(19)18-9-13(11-23)15-3-1-2-4-16(15)21(18)20-7-8-24-12-25-20/h1-10,12H. The predicted molar refractivity (Wildman–Crippen MR) is 107 cm³/mol. The summed E-state index contributed by atoms with van der Waals surface area (Å²) in [6, 6.07) is 17.4. The van der Waals surface area contributed by atoms with Gasteiger partial charge in [0.2, 0.25) is 0 Å². The highest BCUT2D eigenvalue weighted by atomic mass is 35.5. The van der Waals surface area contributed by atoms with Crippen LogP contribution in [0, 0.1) is 21.4 Å². The van der Waals surface area contributed by atoms with Gasteiger partial charge in [0, 0.05) is 39.9 Å². The average molecular weight is 387 g/mol. The summed E-state index contributed by atoms with van der Waals surface area (Å²) in [6.07, 6.45) is 3.05. The SMILES string of the molecule is N#Cc1cc(-c2cc([N+](=O)[O-])ccc2Cl)c(-c2ccncn2)c2ccccc12. The van der Waals surface area contributed by atoms with E-state index in [4.69, 9.17) is 11.6 Å². The number of nitro benzene ring substituents is 1. The summed E-state index contributed by atoms with van der Waals surface area (Å²) in [4.78, 5) is 19.1. The number of benzene rings is 3. The van der Waals surface area contributed by atoms with E-state index in [1.165, 1.54) is 24.5 Å². The van der Waals surface area contributed by atoms with Crippen molar-refractivity contribution in [3.8, 4) is 28.5 Å². The van der Waals surface area contributed by atoms with E-state index in [-0.39, 0.29) is 5.69 Å². The molecule has 6 nitrogen and oxygen atoms in total. The molecule has 4 aromatic rings. The summed E-state index contributed by atoms with van der Waals surface area (Å²) in [7, 11) is 0. The molecule has 1 heterocycles. The summed E-state index contributed by atoms with van der Waals surface area (Å²) in [5.74, 6) is 0. The van der Waals surface area contributed by atoms with Crippen molar-refractivity contribution in [2.75, 3.05) is 0 Å². The van der Waals surface area contributed by atoms with E-state index in [1.54, 1.807) is 18.3 Å². The summed E-state index contributed by atoms with van der Waals surface area (Å²) >= 11 is 6.40. The third-order valence-corrected chi connectivity index (χ3v) is 4.78. The van der Waals surface area contributed by atoms with Crippen LogP contribution in [0.1, 0.15) is 5.56 Å². The Balaban J connectivity index is 2.17. The van der Waals surface area contributed by atoms with Gasteiger partial charge in [-0.3, -0.25) is 10.1 Å². The van der Waals surface area contributed by atoms with Gasteiger partial charge >= 0.3 is 0 Å². The van der Waals surface area contributed by atoms with Crippen molar-refractivity contribution in [2.24, 2.45) is 0 Å². The molecule has 134 valence electrons. The van der Waals surface area contributed by atoms with Crippen LogP contribution in [0.3, 0.4) is 0 Å². The Bertz CT molecular complexity index is 1270. The number of hydrogen-bond donors (Lipinski definition) is 0. The van der Waals surface area contributed by atoms with Crippen LogP contribution in [-0.2, 0) is 0 Å². The molecule has 0 aliphatic heterocycles. The Hall–Kier alpha value is -3.82. The van der Waals surface area contributed by atoms with Crippen LogP contribution >= 0.6 is 11.6 Å². The second-order valence-corrected chi connectivity index (χ2v) is 6.43. The van der Waals surface area contributed by atoms with Gasteiger partial charge in [-0.1, -0.05) is 35.9 Å². The van der Waals surface area contributed by atoms with E-state index >= 15 is 0 Å². The van der Waals surface area contributed by atoms with Crippen molar-refractivity contribution in [2.45, 2.75) is 0 Å². The van der Waals surface area contributed by atoms with Crippen molar-refractivity contribution in [3.05, 3.63) is 87.8 Å². The maximum Gasteiger partial charge on any atom is 0.270 e. The van der Waals surface area contributed by atoms with Crippen LogP contribution in [0.4, 0.5) is 5.69 Å². The molecular weight excluding hydrogens is 376 g/mol. The first kappa shape index (κ1) is 17.6. The van der Waals surface area contributed by atoms with Gasteiger partial charge in [-0.2, -0.15) is 5.26 Å². The maximum atomic E-state index is 11.3. The second-order valence-electron chi connectivity index (χ2n) is 6.02. The Kier molecular flexibility index (Phi) is 4.44. The van der Waals surface area contributed by atoms with Gasteiger partial charge in [-0.05, 0) is 29.1 Å². The molecule has 7 heteroatoms. The molecule has 0 atom stereocenters. The Morgan fingerprint density at radius 2 is 1.82 bits per heavy atom. The van der Waals surface area contributed by atoms with Crippen LogP contribution in [0.15, 0.2) is 67.1 Å². The minimum Gasteiger partial charge on any atom is -0.258 e. The van der Waals surface area contributed by atoms with Gasteiger partial charge in [0.05, 0.1) is 22.2 Å². The number of nitriles is 1. The molecular formula is C21H11ClN4O2. The molecule has 0 spiro atoms. The van der Waals surface area contributed by atoms with Gasteiger partial charge in [0.25, 0.3) is 5.69 Å². The molecule has 0 aliphatic carbocycles. The number of hydrogen-bond acceptors (Lipinski definition) is 5. The molecule has 0 fully saturated rings. The first-order valence-corrected chi connectivity index (χ1v) is 8.64. The number of nitrogens with zero attached hydrogens (tertiary/aromatic N) is 4. The van der Waals surface area contributed by atoms with Gasteiger partial charge < -0.3 is 0 Å². The number of halogens is 1. The third-order valence-electron chi connectivity index (χ3n) is 4.45. The summed E-state index contributed by atoms with van der Waals surface area (Å²) in [5.41, 5.74) is 2.80. The zero-order chi connectivity index (χ0) is 19.7. The molecule has 0 unspecified atom stereocenters. The fourth-order valence-electron chi connectivity index (χ4n) is 3.23. The minimum atomic E-state index is -0.476. The van der Waals surface area contributed by atoms with Crippen molar-refractivity contribution in [1.29, 1.82) is 5.26 Å². The number of aromatic nitrogens is 2. The molecule has 0 aliphatic rings. The second kappa shape index (κ2) is 7.06. The van der Waals surface area contributed by atoms with Crippen molar-refractivity contribution in [3.63, 3.8) is 0 Å². The lowest BCUT2D eigenvalue weighted by molar-refractivity contribution is -0.384. The number of fused-ring (bicyclic) bond motifs is 1. The van der Waals surface area contributed by atoms with Crippen molar-refractivity contribution >= 4 is 28.1 Å². The van der Waals surface area contributed by atoms with Gasteiger partial charge in [-0.25, -0.2) is 9.97 Å². The van der Waals surface area contributed by atoms with E-state index in [1.807, 2.05) is 24.3 Å². The highest BCUT2D eigenvalue weighted by molar-refractivity contribution is 6.33. The first-order valence-electron chi connectivity index (χ1n) is 8.26. The summed E-state index contributed by atoms with van der Waals surface area (Å²) < 4.78 is 0. The highest BCUT2D eigenvalue weighted by Crippen LogP contribution is 2.42. The lowest BCUT2D eigenvalue weighted by Crippen LogP contribution is -1.95. The monoisotopic (exact) mass is 386 g/mol. The molecule has 0 amide bonds.